The molecule has 4 fully saturated rings. The van der Waals surface area contributed by atoms with Crippen molar-refractivity contribution < 1.29 is 0 Å². The average Bonchev–Trinajstić information content (AvgIpc) is 3.26. The lowest BCUT2D eigenvalue weighted by Gasteiger charge is -2.38. The molecule has 3 unspecified atom stereocenters. The first-order valence-corrected chi connectivity index (χ1v) is 14.9. The Morgan fingerprint density at radius 3 is 2.61 bits per heavy atom. The molecule has 6 rings (SSSR count). The van der Waals surface area contributed by atoms with Crippen LogP contribution >= 0.6 is 0 Å². The number of rotatable bonds is 7. The summed E-state index contributed by atoms with van der Waals surface area (Å²) in [5.74, 6) is 2.07. The number of aliphatic imine (C=N–C) groups is 1. The summed E-state index contributed by atoms with van der Waals surface area (Å²) in [6, 6.07) is 1.01. The van der Waals surface area contributed by atoms with Crippen molar-refractivity contribution in [1.82, 2.24) is 24.5 Å². The number of piperazine rings is 1. The Morgan fingerprint density at radius 2 is 1.83 bits per heavy atom. The van der Waals surface area contributed by atoms with E-state index < -0.39 is 0 Å². The van der Waals surface area contributed by atoms with Crippen LogP contribution in [0.1, 0.15) is 52.4 Å². The second-order valence-electron chi connectivity index (χ2n) is 12.5. The fourth-order valence-electron chi connectivity index (χ4n) is 7.44. The Labute approximate surface area is 219 Å². The molecule has 0 spiro atoms. The number of allylic oxidation sites excluding steroid dienone is 2. The summed E-state index contributed by atoms with van der Waals surface area (Å²) in [5, 5.41) is 0. The molecule has 1 saturated carbocycles. The maximum Gasteiger partial charge on any atom is 0.128 e. The van der Waals surface area contributed by atoms with Crippen molar-refractivity contribution in [3.63, 3.8) is 0 Å². The van der Waals surface area contributed by atoms with Gasteiger partial charge in [0.1, 0.15) is 5.84 Å². The van der Waals surface area contributed by atoms with Crippen LogP contribution in [0.2, 0.25) is 0 Å². The van der Waals surface area contributed by atoms with Gasteiger partial charge in [-0.25, -0.2) is 0 Å². The van der Waals surface area contributed by atoms with Gasteiger partial charge in [0, 0.05) is 81.8 Å². The third-order valence-electron chi connectivity index (χ3n) is 9.86. The fourth-order valence-corrected chi connectivity index (χ4v) is 7.44. The molecule has 6 heteroatoms. The first-order chi connectivity index (χ1) is 17.5. The zero-order valence-corrected chi connectivity index (χ0v) is 23.0. The highest BCUT2D eigenvalue weighted by atomic mass is 15.3. The van der Waals surface area contributed by atoms with Crippen LogP contribution in [0.3, 0.4) is 0 Å². The topological polar surface area (TPSA) is 28.6 Å². The van der Waals surface area contributed by atoms with E-state index in [0.29, 0.717) is 12.1 Å². The zero-order valence-electron chi connectivity index (χ0n) is 23.0. The summed E-state index contributed by atoms with van der Waals surface area (Å²) in [6.45, 7) is 16.5. The van der Waals surface area contributed by atoms with E-state index in [1.165, 1.54) is 81.9 Å². The van der Waals surface area contributed by atoms with E-state index in [-0.39, 0.29) is 5.41 Å². The Bertz CT molecular complexity index is 920. The van der Waals surface area contributed by atoms with Gasteiger partial charge in [0.2, 0.25) is 0 Å². The number of likely N-dealkylation sites (N-methyl/N-ethyl adjacent to an activating group) is 1. The van der Waals surface area contributed by atoms with E-state index in [2.05, 4.69) is 69.8 Å². The summed E-state index contributed by atoms with van der Waals surface area (Å²) < 4.78 is 0. The number of hydrogen-bond acceptors (Lipinski definition) is 6. The fraction of sp³-hybridized carbons (Fsp3) is 0.767. The van der Waals surface area contributed by atoms with Gasteiger partial charge in [0.25, 0.3) is 0 Å². The van der Waals surface area contributed by atoms with Crippen molar-refractivity contribution in [3.05, 3.63) is 35.7 Å². The van der Waals surface area contributed by atoms with E-state index in [9.17, 15) is 0 Å². The third kappa shape index (κ3) is 4.88. The molecule has 6 nitrogen and oxygen atoms in total. The maximum absolute atomic E-state index is 5.59. The normalized spacial score (nSPS) is 33.2. The summed E-state index contributed by atoms with van der Waals surface area (Å²) in [5.41, 5.74) is 3.17. The monoisotopic (exact) mass is 492 g/mol. The predicted octanol–water partition coefficient (Wildman–Crippen LogP) is 3.65. The standard InChI is InChI=1S/C30H48N6/c1-24(2)34-17-19-35(20-18-34)27-8-7-26-21-30(26,11-9-27)28-23-32(3)22-25-10-16-36(29(25)31-28)15-6-14-33-12-4-5-13-33/h8-9,11,22,24,26,28H,4-7,10,12-21,23H2,1-3H3. The second kappa shape index (κ2) is 10.2. The molecule has 0 aromatic rings. The zero-order chi connectivity index (χ0) is 24.7. The molecule has 0 aromatic heterocycles. The lowest BCUT2D eigenvalue weighted by Crippen LogP contribution is -2.48. The van der Waals surface area contributed by atoms with Crippen LogP contribution in [0.15, 0.2) is 40.7 Å². The van der Waals surface area contributed by atoms with Crippen LogP contribution in [0.25, 0.3) is 0 Å². The molecule has 0 radical (unpaired) electrons. The van der Waals surface area contributed by atoms with Gasteiger partial charge in [-0.2, -0.15) is 0 Å². The molecule has 4 heterocycles. The number of fused-ring (bicyclic) bond motifs is 2. The molecule has 6 aliphatic rings. The molecule has 2 aliphatic carbocycles. The van der Waals surface area contributed by atoms with Gasteiger partial charge in [-0.15, -0.1) is 0 Å². The molecule has 3 saturated heterocycles. The molecule has 0 bridgehead atoms. The summed E-state index contributed by atoms with van der Waals surface area (Å²) in [4.78, 5) is 18.5. The summed E-state index contributed by atoms with van der Waals surface area (Å²) in [6.07, 6.45) is 17.7. The van der Waals surface area contributed by atoms with Gasteiger partial charge in [-0.05, 0) is 84.0 Å². The number of amidine groups is 1. The van der Waals surface area contributed by atoms with Gasteiger partial charge in [-0.1, -0.05) is 12.2 Å². The van der Waals surface area contributed by atoms with Crippen LogP contribution in [-0.2, 0) is 0 Å². The van der Waals surface area contributed by atoms with Crippen molar-refractivity contribution >= 4 is 5.84 Å². The Balaban J connectivity index is 1.14. The Kier molecular flexibility index (Phi) is 6.93. The van der Waals surface area contributed by atoms with Crippen molar-refractivity contribution in [2.24, 2.45) is 16.3 Å². The van der Waals surface area contributed by atoms with Crippen LogP contribution in [0.4, 0.5) is 0 Å². The van der Waals surface area contributed by atoms with Crippen molar-refractivity contribution in [1.29, 1.82) is 0 Å². The Morgan fingerprint density at radius 1 is 1.03 bits per heavy atom. The second-order valence-corrected chi connectivity index (χ2v) is 12.5. The van der Waals surface area contributed by atoms with E-state index in [4.69, 9.17) is 4.99 Å². The lowest BCUT2D eigenvalue weighted by molar-refractivity contribution is 0.132. The maximum atomic E-state index is 5.59. The average molecular weight is 493 g/mol. The van der Waals surface area contributed by atoms with Crippen LogP contribution < -0.4 is 0 Å². The molecule has 36 heavy (non-hydrogen) atoms. The highest BCUT2D eigenvalue weighted by Crippen LogP contribution is 2.61. The lowest BCUT2D eigenvalue weighted by atomic mass is 9.92. The predicted molar refractivity (Wildman–Crippen MR) is 149 cm³/mol. The van der Waals surface area contributed by atoms with Gasteiger partial charge >= 0.3 is 0 Å². The quantitative estimate of drug-likeness (QED) is 0.541. The number of hydrogen-bond donors (Lipinski definition) is 0. The van der Waals surface area contributed by atoms with E-state index in [0.717, 1.165) is 45.1 Å². The van der Waals surface area contributed by atoms with Crippen molar-refractivity contribution in [2.45, 2.75) is 64.5 Å². The van der Waals surface area contributed by atoms with Gasteiger partial charge in [0.05, 0.1) is 6.04 Å². The Hall–Kier alpha value is -1.79. The smallest absolute Gasteiger partial charge is 0.128 e. The molecular weight excluding hydrogens is 444 g/mol. The third-order valence-corrected chi connectivity index (χ3v) is 9.86. The molecule has 0 N–H and O–H groups in total. The summed E-state index contributed by atoms with van der Waals surface area (Å²) >= 11 is 0. The molecular formula is C30H48N6. The largest absolute Gasteiger partial charge is 0.378 e. The van der Waals surface area contributed by atoms with Crippen molar-refractivity contribution in [2.75, 3.05) is 72.5 Å². The molecule has 198 valence electrons. The van der Waals surface area contributed by atoms with Crippen LogP contribution in [0, 0.1) is 11.3 Å². The minimum Gasteiger partial charge on any atom is -0.378 e. The van der Waals surface area contributed by atoms with Gasteiger partial charge < -0.3 is 19.6 Å². The molecule has 4 aliphatic heterocycles. The van der Waals surface area contributed by atoms with Crippen molar-refractivity contribution in [3.8, 4) is 0 Å². The molecule has 0 amide bonds. The van der Waals surface area contributed by atoms with Crippen LogP contribution in [0.5, 0.6) is 0 Å². The van der Waals surface area contributed by atoms with E-state index in [1.54, 1.807) is 0 Å². The molecule has 0 aromatic carbocycles. The van der Waals surface area contributed by atoms with E-state index >= 15 is 0 Å². The first-order valence-electron chi connectivity index (χ1n) is 14.9. The number of likely N-dealkylation sites (tertiary alicyclic amines) is 2. The van der Waals surface area contributed by atoms with Gasteiger partial charge in [0.15, 0.2) is 0 Å². The number of nitrogens with zero attached hydrogens (tertiary/aromatic N) is 6. The van der Waals surface area contributed by atoms with E-state index in [1.807, 2.05) is 0 Å². The summed E-state index contributed by atoms with van der Waals surface area (Å²) in [7, 11) is 2.26. The van der Waals surface area contributed by atoms with Gasteiger partial charge in [-0.3, -0.25) is 9.89 Å². The highest BCUT2D eigenvalue weighted by Gasteiger charge is 2.58. The minimum atomic E-state index is 0.242. The minimum absolute atomic E-state index is 0.242. The SMILES string of the molecule is CC(C)N1CCN(C2=CCC3CC3(C3CN(C)C=C4CCN(CCCN5CCCC5)C4=N3)C=C2)CC1. The first kappa shape index (κ1) is 24.5. The van der Waals surface area contributed by atoms with Crippen LogP contribution in [-0.4, -0.2) is 115 Å². The molecule has 3 atom stereocenters. The highest BCUT2D eigenvalue weighted by molar-refractivity contribution is 6.00.